The molecule has 5 N–H and O–H groups in total. The monoisotopic (exact) mass is 455 g/mol. The fourth-order valence-electron chi connectivity index (χ4n) is 4.32. The van der Waals surface area contributed by atoms with Gasteiger partial charge in [0.15, 0.2) is 0 Å². The number of aromatic nitrogens is 3. The summed E-state index contributed by atoms with van der Waals surface area (Å²) < 4.78 is 0. The standard InChI is InChI=1S/C23H30ClN7O/c1-26-10-7-19(16-2-4-17(24)5-3-16)30-20(32)14-23(25)8-12-31(13-9-23)22-18-6-11-27-21(18)28-15-29-22/h2-6,11,15,19,26H,7-10,12-14,25H2,1H3,(H,30,32)(H,27,28,29). The number of carbonyl (C=O) groups excluding carboxylic acids is 1. The molecule has 1 aliphatic rings. The number of aromatic amines is 1. The maximum atomic E-state index is 12.9. The molecule has 3 heterocycles. The van der Waals surface area contributed by atoms with Crippen molar-refractivity contribution in [3.05, 3.63) is 53.4 Å². The minimum Gasteiger partial charge on any atom is -0.356 e. The molecule has 1 atom stereocenters. The Bertz CT molecular complexity index is 1040. The molecule has 2 aromatic heterocycles. The van der Waals surface area contributed by atoms with E-state index in [2.05, 4.69) is 30.5 Å². The summed E-state index contributed by atoms with van der Waals surface area (Å²) in [6, 6.07) is 9.53. The molecule has 0 aliphatic carbocycles. The summed E-state index contributed by atoms with van der Waals surface area (Å²) in [5, 5.41) is 8.02. The zero-order valence-electron chi connectivity index (χ0n) is 18.3. The number of halogens is 1. The van der Waals surface area contributed by atoms with Crippen molar-refractivity contribution in [2.45, 2.75) is 37.3 Å². The van der Waals surface area contributed by atoms with Gasteiger partial charge in [-0.1, -0.05) is 23.7 Å². The minimum absolute atomic E-state index is 0.0212. The van der Waals surface area contributed by atoms with E-state index in [-0.39, 0.29) is 11.9 Å². The number of nitrogens with two attached hydrogens (primary N) is 1. The first-order valence-corrected chi connectivity index (χ1v) is 11.4. The van der Waals surface area contributed by atoms with Crippen molar-refractivity contribution in [3.8, 4) is 0 Å². The number of piperidine rings is 1. The van der Waals surface area contributed by atoms with Gasteiger partial charge in [-0.25, -0.2) is 9.97 Å². The minimum atomic E-state index is -0.529. The van der Waals surface area contributed by atoms with E-state index in [4.69, 9.17) is 17.3 Å². The number of carbonyl (C=O) groups is 1. The van der Waals surface area contributed by atoms with Crippen molar-refractivity contribution in [2.24, 2.45) is 5.73 Å². The smallest absolute Gasteiger partial charge is 0.222 e. The summed E-state index contributed by atoms with van der Waals surface area (Å²) in [5.74, 6) is 0.893. The Kier molecular flexibility index (Phi) is 6.93. The summed E-state index contributed by atoms with van der Waals surface area (Å²) >= 11 is 6.03. The SMILES string of the molecule is CNCCC(NC(=O)CC1(N)CCN(c2ncnc3[nH]ccc23)CC1)c1ccc(Cl)cc1. The van der Waals surface area contributed by atoms with E-state index in [0.717, 1.165) is 61.3 Å². The van der Waals surface area contributed by atoms with Crippen molar-refractivity contribution in [1.82, 2.24) is 25.6 Å². The molecule has 0 saturated carbocycles. The fraction of sp³-hybridized carbons (Fsp3) is 0.435. The summed E-state index contributed by atoms with van der Waals surface area (Å²) in [6.45, 7) is 2.30. The second kappa shape index (κ2) is 9.85. The van der Waals surface area contributed by atoms with Crippen molar-refractivity contribution >= 4 is 34.4 Å². The molecule has 1 unspecified atom stereocenters. The van der Waals surface area contributed by atoms with Crippen LogP contribution in [0.3, 0.4) is 0 Å². The number of nitrogens with zero attached hydrogens (tertiary/aromatic N) is 3. The zero-order valence-corrected chi connectivity index (χ0v) is 19.0. The first-order valence-electron chi connectivity index (χ1n) is 11.0. The number of hydrogen-bond donors (Lipinski definition) is 4. The third kappa shape index (κ3) is 5.20. The number of nitrogens with one attached hydrogen (secondary N) is 3. The Morgan fingerprint density at radius 1 is 1.25 bits per heavy atom. The lowest BCUT2D eigenvalue weighted by atomic mass is 9.85. The fourth-order valence-corrected chi connectivity index (χ4v) is 4.45. The molecule has 1 saturated heterocycles. The Labute approximate surface area is 192 Å². The second-order valence-corrected chi connectivity index (χ2v) is 8.96. The normalized spacial score (nSPS) is 16.8. The summed E-state index contributed by atoms with van der Waals surface area (Å²) in [7, 11) is 1.91. The van der Waals surface area contributed by atoms with Crippen LogP contribution < -0.4 is 21.3 Å². The summed E-state index contributed by atoms with van der Waals surface area (Å²) in [5.41, 5.74) is 8.01. The van der Waals surface area contributed by atoms with E-state index < -0.39 is 5.54 Å². The van der Waals surface area contributed by atoms with Gasteiger partial charge < -0.3 is 26.3 Å². The third-order valence-corrected chi connectivity index (χ3v) is 6.45. The highest BCUT2D eigenvalue weighted by atomic mass is 35.5. The van der Waals surface area contributed by atoms with E-state index >= 15 is 0 Å². The van der Waals surface area contributed by atoms with Crippen LogP contribution >= 0.6 is 11.6 Å². The second-order valence-electron chi connectivity index (χ2n) is 8.53. The molecule has 1 amide bonds. The van der Waals surface area contributed by atoms with Crippen molar-refractivity contribution in [1.29, 1.82) is 0 Å². The molecule has 4 rings (SSSR count). The van der Waals surface area contributed by atoms with E-state index in [9.17, 15) is 4.79 Å². The lowest BCUT2D eigenvalue weighted by molar-refractivity contribution is -0.123. The molecule has 32 heavy (non-hydrogen) atoms. The number of fused-ring (bicyclic) bond motifs is 1. The number of anilines is 1. The van der Waals surface area contributed by atoms with Gasteiger partial charge in [0.1, 0.15) is 17.8 Å². The van der Waals surface area contributed by atoms with Crippen LogP contribution in [-0.4, -0.2) is 53.1 Å². The Balaban J connectivity index is 1.37. The van der Waals surface area contributed by atoms with Crippen LogP contribution in [0.5, 0.6) is 0 Å². The van der Waals surface area contributed by atoms with Crippen molar-refractivity contribution < 1.29 is 4.79 Å². The van der Waals surface area contributed by atoms with Gasteiger partial charge in [0.2, 0.25) is 5.91 Å². The van der Waals surface area contributed by atoms with Crippen LogP contribution in [0.15, 0.2) is 42.9 Å². The van der Waals surface area contributed by atoms with Crippen LogP contribution in [-0.2, 0) is 4.79 Å². The highest BCUT2D eigenvalue weighted by molar-refractivity contribution is 6.30. The third-order valence-electron chi connectivity index (χ3n) is 6.19. The quantitative estimate of drug-likeness (QED) is 0.415. The van der Waals surface area contributed by atoms with Crippen LogP contribution in [0.2, 0.25) is 5.02 Å². The summed E-state index contributed by atoms with van der Waals surface area (Å²) in [6.07, 6.45) is 5.98. The number of H-pyrrole nitrogens is 1. The predicted octanol–water partition coefficient (Wildman–Crippen LogP) is 2.77. The molecule has 1 aromatic carbocycles. The molecule has 0 radical (unpaired) electrons. The van der Waals surface area contributed by atoms with E-state index in [0.29, 0.717) is 11.4 Å². The van der Waals surface area contributed by atoms with Crippen LogP contribution in [0.25, 0.3) is 11.0 Å². The van der Waals surface area contributed by atoms with Gasteiger partial charge in [-0.3, -0.25) is 4.79 Å². The topological polar surface area (TPSA) is 112 Å². The van der Waals surface area contributed by atoms with E-state index in [1.165, 1.54) is 0 Å². The lowest BCUT2D eigenvalue weighted by Crippen LogP contribution is -2.53. The Hall–Kier alpha value is -2.68. The maximum absolute atomic E-state index is 12.9. The maximum Gasteiger partial charge on any atom is 0.222 e. The highest BCUT2D eigenvalue weighted by Crippen LogP contribution is 2.30. The number of hydrogen-bond acceptors (Lipinski definition) is 6. The first kappa shape index (κ1) is 22.5. The van der Waals surface area contributed by atoms with Crippen molar-refractivity contribution in [3.63, 3.8) is 0 Å². The van der Waals surface area contributed by atoms with Gasteiger partial charge in [-0.05, 0) is 56.6 Å². The highest BCUT2D eigenvalue weighted by Gasteiger charge is 2.34. The first-order chi connectivity index (χ1) is 15.5. The average molecular weight is 456 g/mol. The predicted molar refractivity (Wildman–Crippen MR) is 128 cm³/mol. The molecule has 8 nitrogen and oxygen atoms in total. The van der Waals surface area contributed by atoms with E-state index in [1.807, 2.05) is 43.6 Å². The largest absolute Gasteiger partial charge is 0.356 e. The summed E-state index contributed by atoms with van der Waals surface area (Å²) in [4.78, 5) is 27.0. The molecule has 170 valence electrons. The van der Waals surface area contributed by atoms with Gasteiger partial charge >= 0.3 is 0 Å². The van der Waals surface area contributed by atoms with E-state index in [1.54, 1.807) is 6.33 Å². The van der Waals surface area contributed by atoms with Gasteiger partial charge in [-0.2, -0.15) is 0 Å². The Morgan fingerprint density at radius 2 is 2.00 bits per heavy atom. The molecule has 0 spiro atoms. The molecule has 1 fully saturated rings. The van der Waals surface area contributed by atoms with Crippen molar-refractivity contribution in [2.75, 3.05) is 31.6 Å². The number of rotatable bonds is 8. The van der Waals surface area contributed by atoms with Gasteiger partial charge in [0, 0.05) is 36.3 Å². The van der Waals surface area contributed by atoms with Crippen LogP contribution in [0.1, 0.15) is 37.3 Å². The molecule has 3 aromatic rings. The number of amides is 1. The molecule has 0 bridgehead atoms. The van der Waals surface area contributed by atoms with Gasteiger partial charge in [0.05, 0.1) is 11.4 Å². The lowest BCUT2D eigenvalue weighted by Gasteiger charge is -2.39. The van der Waals surface area contributed by atoms with Crippen LogP contribution in [0, 0.1) is 0 Å². The average Bonchev–Trinajstić information content (AvgIpc) is 3.27. The zero-order chi connectivity index (χ0) is 22.6. The number of benzene rings is 1. The molecular formula is C23H30ClN7O. The molecular weight excluding hydrogens is 426 g/mol. The van der Waals surface area contributed by atoms with Gasteiger partial charge in [0.25, 0.3) is 0 Å². The Morgan fingerprint density at radius 3 is 2.72 bits per heavy atom. The molecule has 1 aliphatic heterocycles. The molecule has 9 heteroatoms. The van der Waals surface area contributed by atoms with Gasteiger partial charge in [-0.15, -0.1) is 0 Å². The van der Waals surface area contributed by atoms with Crippen LogP contribution in [0.4, 0.5) is 5.82 Å².